The van der Waals surface area contributed by atoms with Crippen LogP contribution in [0.1, 0.15) is 0 Å². The Kier molecular flexibility index (Phi) is 2.27. The van der Waals surface area contributed by atoms with Crippen molar-refractivity contribution in [3.63, 3.8) is 0 Å². The van der Waals surface area contributed by atoms with Gasteiger partial charge in [0.25, 0.3) is 0 Å². The molecule has 0 unspecified atom stereocenters. The smallest absolute Gasteiger partial charge is 0.132 e. The molecule has 0 bridgehead atoms. The zero-order valence-electron chi connectivity index (χ0n) is 10.7. The fourth-order valence-electron chi connectivity index (χ4n) is 2.60. The van der Waals surface area contributed by atoms with E-state index in [1.54, 1.807) is 6.33 Å². The van der Waals surface area contributed by atoms with Crippen LogP contribution in [-0.4, -0.2) is 14.5 Å². The lowest BCUT2D eigenvalue weighted by molar-refractivity contribution is 0.483. The van der Waals surface area contributed by atoms with Crippen LogP contribution in [0.4, 0.5) is 0 Å². The third kappa shape index (κ3) is 1.50. The van der Waals surface area contributed by atoms with Gasteiger partial charge < -0.3 is 9.51 Å². The number of nitrogens with zero attached hydrogens (tertiary/aromatic N) is 2. The highest BCUT2D eigenvalue weighted by atomic mass is 16.3. The number of fused-ring (bicyclic) bond motifs is 2. The first-order valence-corrected chi connectivity index (χ1v) is 6.47. The van der Waals surface area contributed by atoms with Gasteiger partial charge in [0, 0.05) is 17.1 Å². The first-order valence-electron chi connectivity index (χ1n) is 6.47. The molecule has 0 aliphatic heterocycles. The summed E-state index contributed by atoms with van der Waals surface area (Å²) in [5.74, 6) is 0.285. The molecule has 2 heterocycles. The van der Waals surface area contributed by atoms with Crippen LogP contribution < -0.4 is 0 Å². The van der Waals surface area contributed by atoms with Gasteiger partial charge >= 0.3 is 0 Å². The minimum atomic E-state index is 0.285. The molecular formula is C17H12N2O. The zero-order valence-corrected chi connectivity index (χ0v) is 10.7. The second-order valence-corrected chi connectivity index (χ2v) is 4.77. The van der Waals surface area contributed by atoms with Gasteiger partial charge in [0.05, 0.1) is 17.5 Å². The molecule has 0 radical (unpaired) electrons. The SMILES string of the molecule is Oc1c(-c2ncn3ccccc23)ccc2ccccc12. The number of phenolic OH excluding ortho intramolecular Hbond substituents is 1. The topological polar surface area (TPSA) is 37.5 Å². The lowest BCUT2D eigenvalue weighted by Crippen LogP contribution is -1.84. The number of hydrogen-bond donors (Lipinski definition) is 1. The molecule has 2 aromatic carbocycles. The highest BCUT2D eigenvalue weighted by molar-refractivity contribution is 5.96. The van der Waals surface area contributed by atoms with E-state index in [0.29, 0.717) is 0 Å². The Morgan fingerprint density at radius 2 is 1.75 bits per heavy atom. The summed E-state index contributed by atoms with van der Waals surface area (Å²) in [6.07, 6.45) is 3.71. The van der Waals surface area contributed by atoms with Crippen LogP contribution in [-0.2, 0) is 0 Å². The van der Waals surface area contributed by atoms with E-state index in [1.165, 1.54) is 0 Å². The molecule has 0 aliphatic rings. The molecule has 0 saturated heterocycles. The van der Waals surface area contributed by atoms with Crippen molar-refractivity contribution in [2.45, 2.75) is 0 Å². The number of pyridine rings is 1. The summed E-state index contributed by atoms with van der Waals surface area (Å²) < 4.78 is 1.95. The third-order valence-electron chi connectivity index (χ3n) is 3.60. The summed E-state index contributed by atoms with van der Waals surface area (Å²) in [5.41, 5.74) is 2.55. The van der Waals surface area contributed by atoms with Gasteiger partial charge in [0.1, 0.15) is 5.75 Å². The van der Waals surface area contributed by atoms with E-state index in [4.69, 9.17) is 0 Å². The van der Waals surface area contributed by atoms with E-state index in [-0.39, 0.29) is 5.75 Å². The van der Waals surface area contributed by atoms with Gasteiger partial charge in [-0.15, -0.1) is 0 Å². The van der Waals surface area contributed by atoms with Gasteiger partial charge in [-0.2, -0.15) is 0 Å². The Balaban J connectivity index is 2.05. The zero-order chi connectivity index (χ0) is 13.5. The molecule has 0 amide bonds. The maximum absolute atomic E-state index is 10.5. The molecule has 4 aromatic rings. The number of imidazole rings is 1. The molecule has 96 valence electrons. The maximum atomic E-state index is 10.5. The lowest BCUT2D eigenvalue weighted by Gasteiger charge is -2.06. The Morgan fingerprint density at radius 1 is 0.900 bits per heavy atom. The quantitative estimate of drug-likeness (QED) is 0.564. The molecule has 0 spiro atoms. The van der Waals surface area contributed by atoms with Crippen LogP contribution >= 0.6 is 0 Å². The van der Waals surface area contributed by atoms with Crippen molar-refractivity contribution in [3.8, 4) is 17.0 Å². The van der Waals surface area contributed by atoms with Crippen LogP contribution in [0, 0.1) is 0 Å². The van der Waals surface area contributed by atoms with Gasteiger partial charge in [-0.1, -0.05) is 36.4 Å². The standard InChI is InChI=1S/C17H12N2O/c20-17-13-6-2-1-5-12(13)8-9-14(17)16-15-7-3-4-10-19(15)11-18-16/h1-11,20H. The summed E-state index contributed by atoms with van der Waals surface area (Å²) in [6, 6.07) is 17.7. The van der Waals surface area contributed by atoms with E-state index in [0.717, 1.165) is 27.5 Å². The molecule has 4 rings (SSSR count). The van der Waals surface area contributed by atoms with Crippen molar-refractivity contribution in [3.05, 3.63) is 67.1 Å². The first kappa shape index (κ1) is 11.1. The Labute approximate surface area is 115 Å². The van der Waals surface area contributed by atoms with E-state index >= 15 is 0 Å². The van der Waals surface area contributed by atoms with Crippen molar-refractivity contribution in [2.75, 3.05) is 0 Å². The van der Waals surface area contributed by atoms with E-state index in [1.807, 2.05) is 65.2 Å². The van der Waals surface area contributed by atoms with Gasteiger partial charge in [-0.05, 0) is 23.6 Å². The van der Waals surface area contributed by atoms with Gasteiger partial charge in [0.15, 0.2) is 0 Å². The summed E-state index contributed by atoms with van der Waals surface area (Å²) in [7, 11) is 0. The van der Waals surface area contributed by atoms with E-state index < -0.39 is 0 Å². The molecule has 0 atom stereocenters. The number of hydrogen-bond acceptors (Lipinski definition) is 2. The van der Waals surface area contributed by atoms with Crippen LogP contribution in [0.3, 0.4) is 0 Å². The molecule has 2 aromatic heterocycles. The molecule has 20 heavy (non-hydrogen) atoms. The predicted octanol–water partition coefficient (Wildman–Crippen LogP) is 3.86. The molecule has 3 nitrogen and oxygen atoms in total. The van der Waals surface area contributed by atoms with Crippen molar-refractivity contribution >= 4 is 16.3 Å². The van der Waals surface area contributed by atoms with Crippen LogP contribution in [0.2, 0.25) is 0 Å². The molecule has 0 saturated carbocycles. The van der Waals surface area contributed by atoms with Crippen LogP contribution in [0.5, 0.6) is 5.75 Å². The number of benzene rings is 2. The summed E-state index contributed by atoms with van der Waals surface area (Å²) >= 11 is 0. The second kappa shape index (κ2) is 4.10. The summed E-state index contributed by atoms with van der Waals surface area (Å²) in [6.45, 7) is 0. The van der Waals surface area contributed by atoms with Gasteiger partial charge in [-0.3, -0.25) is 0 Å². The number of phenols is 1. The monoisotopic (exact) mass is 260 g/mol. The predicted molar refractivity (Wildman–Crippen MR) is 79.8 cm³/mol. The highest BCUT2D eigenvalue weighted by Gasteiger charge is 2.12. The Hall–Kier alpha value is -2.81. The van der Waals surface area contributed by atoms with E-state index in [9.17, 15) is 5.11 Å². The molecule has 1 N–H and O–H groups in total. The average Bonchev–Trinajstić information content (AvgIpc) is 2.92. The van der Waals surface area contributed by atoms with Crippen molar-refractivity contribution < 1.29 is 5.11 Å². The van der Waals surface area contributed by atoms with Gasteiger partial charge in [0.2, 0.25) is 0 Å². The summed E-state index contributed by atoms with van der Waals surface area (Å²) in [5, 5.41) is 12.4. The average molecular weight is 260 g/mol. The lowest BCUT2D eigenvalue weighted by atomic mass is 10.0. The molecule has 0 aliphatic carbocycles. The molecule has 3 heteroatoms. The fraction of sp³-hybridized carbons (Fsp3) is 0. The first-order chi connectivity index (χ1) is 9.84. The van der Waals surface area contributed by atoms with Crippen molar-refractivity contribution in [1.29, 1.82) is 0 Å². The minimum Gasteiger partial charge on any atom is -0.507 e. The van der Waals surface area contributed by atoms with Crippen molar-refractivity contribution in [2.24, 2.45) is 0 Å². The van der Waals surface area contributed by atoms with Gasteiger partial charge in [-0.25, -0.2) is 4.98 Å². The second-order valence-electron chi connectivity index (χ2n) is 4.77. The number of aromatic hydroxyl groups is 1. The largest absolute Gasteiger partial charge is 0.507 e. The highest BCUT2D eigenvalue weighted by Crippen LogP contribution is 2.36. The normalized spacial score (nSPS) is 11.2. The van der Waals surface area contributed by atoms with Crippen LogP contribution in [0.15, 0.2) is 67.1 Å². The minimum absolute atomic E-state index is 0.285. The third-order valence-corrected chi connectivity index (χ3v) is 3.60. The Morgan fingerprint density at radius 3 is 2.70 bits per heavy atom. The Bertz CT molecular complexity index is 924. The molecule has 0 fully saturated rings. The number of aromatic nitrogens is 2. The van der Waals surface area contributed by atoms with Crippen molar-refractivity contribution in [1.82, 2.24) is 9.38 Å². The fourth-order valence-corrected chi connectivity index (χ4v) is 2.60. The number of rotatable bonds is 1. The van der Waals surface area contributed by atoms with E-state index in [2.05, 4.69) is 4.98 Å². The molecular weight excluding hydrogens is 248 g/mol. The van der Waals surface area contributed by atoms with Crippen LogP contribution in [0.25, 0.3) is 27.5 Å². The maximum Gasteiger partial charge on any atom is 0.132 e. The summed E-state index contributed by atoms with van der Waals surface area (Å²) in [4.78, 5) is 4.44.